The first-order chi connectivity index (χ1) is 19.8. The fourth-order valence-electron chi connectivity index (χ4n) is 4.04. The maximum Gasteiger partial charge on any atom is 0.246 e. The van der Waals surface area contributed by atoms with E-state index in [1.165, 1.54) is 30.0 Å². The Hall–Kier alpha value is -4.01. The number of benzene rings is 1. The number of carbonyl (C=O) groups is 2. The van der Waals surface area contributed by atoms with Crippen LogP contribution >= 0.6 is 24.0 Å². The number of pyridine rings is 2. The molecule has 2 aromatic heterocycles. The molecule has 14 heteroatoms. The number of amides is 2. The Morgan fingerprint density at radius 2 is 2.07 bits per heavy atom. The van der Waals surface area contributed by atoms with Crippen molar-refractivity contribution in [2.45, 2.75) is 11.8 Å². The van der Waals surface area contributed by atoms with Crippen molar-refractivity contribution >= 4 is 53.6 Å². The standard InChI is InChI=1S/C27H26F2N6O4S2/c1-4-22(38)34-10-11-35(41-39-13-12-34)27(33-24-16(2)30-9-8-21(24)40-3)17-14-19(29)25(32-26(17)31-15-36)23-18(28)6-5-7-20(23)37/h4-9,14-15,37H,1,10-13H2,2-3H3,(H,31,32,36)/b33-27+. The van der Waals surface area contributed by atoms with Crippen LogP contribution in [0.2, 0.25) is 0 Å². The number of amidine groups is 1. The normalized spacial score (nSPS) is 14.3. The molecule has 1 aliphatic heterocycles. The summed E-state index contributed by atoms with van der Waals surface area (Å²) in [7, 11) is 0. The van der Waals surface area contributed by atoms with Gasteiger partial charge in [-0.3, -0.25) is 23.1 Å². The first-order valence-electron chi connectivity index (χ1n) is 12.2. The maximum atomic E-state index is 15.7. The van der Waals surface area contributed by atoms with E-state index in [0.29, 0.717) is 24.3 Å². The molecule has 1 fully saturated rings. The van der Waals surface area contributed by atoms with Crippen molar-refractivity contribution in [2.24, 2.45) is 4.99 Å². The Kier molecular flexibility index (Phi) is 9.91. The van der Waals surface area contributed by atoms with Crippen LogP contribution in [0, 0.1) is 18.6 Å². The topological polar surface area (TPSA) is 120 Å². The van der Waals surface area contributed by atoms with Gasteiger partial charge in [0, 0.05) is 24.2 Å². The zero-order valence-electron chi connectivity index (χ0n) is 22.1. The molecule has 1 aromatic carbocycles. The van der Waals surface area contributed by atoms with Gasteiger partial charge in [0.1, 0.15) is 41.0 Å². The molecule has 0 atom stereocenters. The predicted octanol–water partition coefficient (Wildman–Crippen LogP) is 4.71. The monoisotopic (exact) mass is 600 g/mol. The quantitative estimate of drug-likeness (QED) is 0.0755. The lowest BCUT2D eigenvalue weighted by molar-refractivity contribution is -0.126. The summed E-state index contributed by atoms with van der Waals surface area (Å²) < 4.78 is 37.7. The number of phenols is 1. The molecule has 0 bridgehead atoms. The Morgan fingerprint density at radius 1 is 1.27 bits per heavy atom. The molecule has 3 aromatic rings. The third kappa shape index (κ3) is 6.66. The zero-order valence-corrected chi connectivity index (χ0v) is 23.8. The highest BCUT2D eigenvalue weighted by molar-refractivity contribution is 7.98. The number of nitrogens with zero attached hydrogens (tertiary/aromatic N) is 5. The van der Waals surface area contributed by atoms with Crippen LogP contribution in [0.3, 0.4) is 0 Å². The highest BCUT2D eigenvalue weighted by atomic mass is 32.2. The number of aromatic hydroxyl groups is 1. The number of nitrogens with one attached hydrogen (secondary N) is 1. The van der Waals surface area contributed by atoms with Crippen molar-refractivity contribution in [1.29, 1.82) is 0 Å². The Balaban J connectivity index is 1.93. The Morgan fingerprint density at radius 3 is 2.78 bits per heavy atom. The highest BCUT2D eigenvalue weighted by Crippen LogP contribution is 2.36. The molecule has 0 spiro atoms. The summed E-state index contributed by atoms with van der Waals surface area (Å²) in [6.45, 7) is 6.29. The van der Waals surface area contributed by atoms with Gasteiger partial charge in [0.05, 0.1) is 30.0 Å². The van der Waals surface area contributed by atoms with Crippen LogP contribution in [0.1, 0.15) is 11.3 Å². The van der Waals surface area contributed by atoms with Gasteiger partial charge in [0.25, 0.3) is 0 Å². The number of carbonyl (C=O) groups excluding carboxylic acids is 2. The van der Waals surface area contributed by atoms with E-state index in [1.54, 1.807) is 28.4 Å². The summed E-state index contributed by atoms with van der Waals surface area (Å²) in [6, 6.07) is 6.36. The summed E-state index contributed by atoms with van der Waals surface area (Å²) in [5.74, 6) is -2.69. The third-order valence-corrected chi connectivity index (χ3v) is 7.61. The molecule has 3 heterocycles. The predicted molar refractivity (Wildman–Crippen MR) is 155 cm³/mol. The molecule has 0 unspecified atom stereocenters. The minimum absolute atomic E-state index is 0.0442. The maximum absolute atomic E-state index is 15.7. The summed E-state index contributed by atoms with van der Waals surface area (Å²) in [5, 5.41) is 12.7. The number of hydrogen-bond acceptors (Lipinski definition) is 9. The molecule has 1 saturated heterocycles. The molecule has 2 N–H and O–H groups in total. The number of anilines is 1. The minimum Gasteiger partial charge on any atom is -0.507 e. The van der Waals surface area contributed by atoms with Crippen molar-refractivity contribution in [3.05, 3.63) is 72.1 Å². The molecule has 214 valence electrons. The van der Waals surface area contributed by atoms with Crippen LogP contribution < -0.4 is 5.32 Å². The van der Waals surface area contributed by atoms with E-state index in [-0.39, 0.29) is 42.8 Å². The molecule has 1 aliphatic rings. The summed E-state index contributed by atoms with van der Waals surface area (Å²) >= 11 is 2.37. The minimum atomic E-state index is -0.973. The molecule has 0 saturated carbocycles. The summed E-state index contributed by atoms with van der Waals surface area (Å²) in [6.07, 6.45) is 5.07. The molecule has 41 heavy (non-hydrogen) atoms. The van der Waals surface area contributed by atoms with Gasteiger partial charge in [-0.15, -0.1) is 11.8 Å². The first-order valence-corrected chi connectivity index (χ1v) is 14.2. The van der Waals surface area contributed by atoms with Crippen molar-refractivity contribution in [1.82, 2.24) is 19.2 Å². The average Bonchev–Trinajstić information content (AvgIpc) is 2.94. The van der Waals surface area contributed by atoms with Crippen molar-refractivity contribution in [2.75, 3.05) is 37.8 Å². The molecular formula is C27H26F2N6O4S2. The fraction of sp³-hybridized carbons (Fsp3) is 0.222. The Bertz CT molecular complexity index is 1490. The van der Waals surface area contributed by atoms with Gasteiger partial charge in [-0.1, -0.05) is 12.6 Å². The van der Waals surface area contributed by atoms with Gasteiger partial charge < -0.3 is 15.3 Å². The van der Waals surface area contributed by atoms with Gasteiger partial charge in [-0.05, 0) is 43.5 Å². The van der Waals surface area contributed by atoms with E-state index >= 15 is 4.39 Å². The number of aromatic nitrogens is 2. The zero-order chi connectivity index (χ0) is 29.5. The largest absolute Gasteiger partial charge is 0.507 e. The fourth-order valence-corrected chi connectivity index (χ4v) is 5.27. The van der Waals surface area contributed by atoms with E-state index in [9.17, 15) is 19.1 Å². The number of rotatable bonds is 7. The second kappa shape index (κ2) is 13.6. The molecule has 0 aliphatic carbocycles. The highest BCUT2D eigenvalue weighted by Gasteiger charge is 2.27. The van der Waals surface area contributed by atoms with Crippen molar-refractivity contribution < 1.29 is 27.7 Å². The van der Waals surface area contributed by atoms with Gasteiger partial charge >= 0.3 is 0 Å². The third-order valence-electron chi connectivity index (χ3n) is 6.03. The van der Waals surface area contributed by atoms with Crippen LogP contribution in [0.4, 0.5) is 20.3 Å². The van der Waals surface area contributed by atoms with Crippen molar-refractivity contribution in [3.63, 3.8) is 0 Å². The molecular weight excluding hydrogens is 574 g/mol. The number of thioether (sulfide) groups is 1. The SMILES string of the molecule is C=CC(=O)N1CCOSN(/C(=N/c2c(SC)ccnc2C)c2cc(F)c(-c3c(O)cccc3F)nc2NC=O)CC1. The number of phenolic OH excluding ortho intramolecular Hbond substituents is 1. The van der Waals surface area contributed by atoms with Gasteiger partial charge in [-0.2, -0.15) is 0 Å². The lowest BCUT2D eigenvalue weighted by Crippen LogP contribution is -2.42. The van der Waals surface area contributed by atoms with Crippen LogP contribution in [0.25, 0.3) is 11.3 Å². The van der Waals surface area contributed by atoms with E-state index in [4.69, 9.17) is 9.18 Å². The van der Waals surface area contributed by atoms with E-state index in [1.807, 2.05) is 6.26 Å². The number of hydrogen-bond donors (Lipinski definition) is 2. The summed E-state index contributed by atoms with van der Waals surface area (Å²) in [5.41, 5.74) is 0.156. The van der Waals surface area contributed by atoms with Gasteiger partial charge in [0.15, 0.2) is 11.7 Å². The lowest BCUT2D eigenvalue weighted by atomic mass is 10.1. The molecule has 2 amide bonds. The summed E-state index contributed by atoms with van der Waals surface area (Å²) in [4.78, 5) is 39.7. The van der Waals surface area contributed by atoms with Gasteiger partial charge in [-0.25, -0.2) is 18.8 Å². The van der Waals surface area contributed by atoms with Crippen LogP contribution in [-0.2, 0) is 13.8 Å². The molecule has 0 radical (unpaired) electrons. The smallest absolute Gasteiger partial charge is 0.246 e. The first kappa shape index (κ1) is 30.0. The number of halogens is 2. The van der Waals surface area contributed by atoms with Crippen LogP contribution in [-0.4, -0.2) is 74.9 Å². The van der Waals surface area contributed by atoms with Crippen LogP contribution in [0.15, 0.2) is 59.1 Å². The van der Waals surface area contributed by atoms with Gasteiger partial charge in [0.2, 0.25) is 12.3 Å². The van der Waals surface area contributed by atoms with E-state index in [2.05, 4.69) is 21.9 Å². The van der Waals surface area contributed by atoms with E-state index < -0.39 is 28.6 Å². The lowest BCUT2D eigenvalue weighted by Gasteiger charge is -2.31. The van der Waals surface area contributed by atoms with Crippen molar-refractivity contribution in [3.8, 4) is 17.0 Å². The Labute approximate surface area is 243 Å². The molecule has 4 rings (SSSR count). The number of aryl methyl sites for hydroxylation is 1. The molecule has 10 nitrogen and oxygen atoms in total. The average molecular weight is 601 g/mol. The van der Waals surface area contributed by atoms with E-state index in [0.717, 1.165) is 29.3 Å². The second-order valence-electron chi connectivity index (χ2n) is 8.52. The van der Waals surface area contributed by atoms with Crippen LogP contribution in [0.5, 0.6) is 5.75 Å². The number of aliphatic imine (C=N–C) groups is 1. The second-order valence-corrected chi connectivity index (χ2v) is 10.2.